The van der Waals surface area contributed by atoms with E-state index < -0.39 is 23.3 Å². The van der Waals surface area contributed by atoms with Crippen molar-refractivity contribution in [2.75, 3.05) is 13.1 Å². The molecule has 20 heavy (non-hydrogen) atoms. The standard InChI is InChI=1S/C14H20F2N2O2/c1-14(2,3)20-13(19)18-7-6-17-9-10-4-5-11(15)12(16)8-10/h4-5,8,17H,6-7,9H2,1-3H3,(H,18,19). The highest BCUT2D eigenvalue weighted by Gasteiger charge is 2.15. The third-order valence-electron chi connectivity index (χ3n) is 2.28. The molecule has 0 saturated carbocycles. The second-order valence-corrected chi connectivity index (χ2v) is 5.35. The maximum atomic E-state index is 12.9. The van der Waals surface area contributed by atoms with E-state index in [4.69, 9.17) is 4.74 Å². The van der Waals surface area contributed by atoms with Crippen LogP contribution >= 0.6 is 0 Å². The smallest absolute Gasteiger partial charge is 0.407 e. The Labute approximate surface area is 117 Å². The summed E-state index contributed by atoms with van der Waals surface area (Å²) in [6.45, 7) is 6.64. The van der Waals surface area contributed by atoms with Crippen molar-refractivity contribution < 1.29 is 18.3 Å². The Morgan fingerprint density at radius 1 is 1.20 bits per heavy atom. The first-order chi connectivity index (χ1) is 9.28. The molecule has 1 rings (SSSR count). The van der Waals surface area contributed by atoms with E-state index >= 15 is 0 Å². The molecule has 1 amide bonds. The highest BCUT2D eigenvalue weighted by atomic mass is 19.2. The van der Waals surface area contributed by atoms with E-state index in [0.29, 0.717) is 25.2 Å². The normalized spacial score (nSPS) is 11.2. The minimum absolute atomic E-state index is 0.387. The Kier molecular flexibility index (Phi) is 5.88. The van der Waals surface area contributed by atoms with Crippen molar-refractivity contribution in [2.45, 2.75) is 32.9 Å². The van der Waals surface area contributed by atoms with Crippen LogP contribution in [0, 0.1) is 11.6 Å². The monoisotopic (exact) mass is 286 g/mol. The summed E-state index contributed by atoms with van der Waals surface area (Å²) >= 11 is 0. The Hall–Kier alpha value is -1.69. The van der Waals surface area contributed by atoms with Gasteiger partial charge in [0.25, 0.3) is 0 Å². The molecule has 0 aromatic heterocycles. The second-order valence-electron chi connectivity index (χ2n) is 5.35. The van der Waals surface area contributed by atoms with Crippen LogP contribution < -0.4 is 10.6 Å². The molecule has 1 aromatic rings. The average Bonchev–Trinajstić information content (AvgIpc) is 2.31. The zero-order valence-electron chi connectivity index (χ0n) is 11.9. The van der Waals surface area contributed by atoms with Gasteiger partial charge in [-0.1, -0.05) is 6.07 Å². The molecule has 112 valence electrons. The number of carbonyl (C=O) groups is 1. The summed E-state index contributed by atoms with van der Waals surface area (Å²) in [6.07, 6.45) is -0.480. The van der Waals surface area contributed by atoms with E-state index in [1.807, 2.05) is 0 Å². The molecule has 0 unspecified atom stereocenters. The predicted molar refractivity (Wildman–Crippen MR) is 72.3 cm³/mol. The van der Waals surface area contributed by atoms with Gasteiger partial charge in [0.2, 0.25) is 0 Å². The highest BCUT2D eigenvalue weighted by molar-refractivity contribution is 5.67. The largest absolute Gasteiger partial charge is 0.444 e. The van der Waals surface area contributed by atoms with Gasteiger partial charge in [0, 0.05) is 19.6 Å². The summed E-state index contributed by atoms with van der Waals surface area (Å²) in [7, 11) is 0. The molecule has 0 atom stereocenters. The van der Waals surface area contributed by atoms with Gasteiger partial charge in [0.15, 0.2) is 11.6 Å². The highest BCUT2D eigenvalue weighted by Crippen LogP contribution is 2.08. The Morgan fingerprint density at radius 3 is 2.50 bits per heavy atom. The van der Waals surface area contributed by atoms with Gasteiger partial charge in [-0.15, -0.1) is 0 Å². The number of hydrogen-bond acceptors (Lipinski definition) is 3. The van der Waals surface area contributed by atoms with Gasteiger partial charge in [-0.25, -0.2) is 13.6 Å². The van der Waals surface area contributed by atoms with Crippen molar-refractivity contribution in [3.8, 4) is 0 Å². The van der Waals surface area contributed by atoms with Crippen LogP contribution in [0.25, 0.3) is 0 Å². The Morgan fingerprint density at radius 2 is 1.90 bits per heavy atom. The van der Waals surface area contributed by atoms with Crippen molar-refractivity contribution in [1.82, 2.24) is 10.6 Å². The van der Waals surface area contributed by atoms with E-state index in [-0.39, 0.29) is 0 Å². The fourth-order valence-corrected chi connectivity index (χ4v) is 1.45. The molecule has 0 bridgehead atoms. The minimum Gasteiger partial charge on any atom is -0.444 e. The summed E-state index contributed by atoms with van der Waals surface area (Å²) < 4.78 is 30.7. The molecule has 0 saturated heterocycles. The lowest BCUT2D eigenvalue weighted by Crippen LogP contribution is -2.36. The Balaban J connectivity index is 2.19. The summed E-state index contributed by atoms with van der Waals surface area (Å²) in [6, 6.07) is 3.74. The molecule has 4 nitrogen and oxygen atoms in total. The molecule has 0 aliphatic rings. The van der Waals surface area contributed by atoms with Gasteiger partial charge in [0.1, 0.15) is 5.60 Å². The van der Waals surface area contributed by atoms with Crippen molar-refractivity contribution in [3.05, 3.63) is 35.4 Å². The molecule has 0 heterocycles. The van der Waals surface area contributed by atoms with Crippen LogP contribution in [0.5, 0.6) is 0 Å². The second kappa shape index (κ2) is 7.19. The average molecular weight is 286 g/mol. The number of benzene rings is 1. The third kappa shape index (κ3) is 6.47. The molecule has 0 fully saturated rings. The molecule has 2 N–H and O–H groups in total. The van der Waals surface area contributed by atoms with E-state index in [0.717, 1.165) is 12.1 Å². The van der Waals surface area contributed by atoms with Gasteiger partial charge >= 0.3 is 6.09 Å². The van der Waals surface area contributed by atoms with Crippen LogP contribution in [0.1, 0.15) is 26.3 Å². The van der Waals surface area contributed by atoms with Gasteiger partial charge in [0.05, 0.1) is 0 Å². The van der Waals surface area contributed by atoms with Gasteiger partial charge < -0.3 is 15.4 Å². The van der Waals surface area contributed by atoms with E-state index in [2.05, 4.69) is 10.6 Å². The van der Waals surface area contributed by atoms with Crippen molar-refractivity contribution in [3.63, 3.8) is 0 Å². The van der Waals surface area contributed by atoms with E-state index in [9.17, 15) is 13.6 Å². The van der Waals surface area contributed by atoms with Gasteiger partial charge in [-0.3, -0.25) is 0 Å². The van der Waals surface area contributed by atoms with Gasteiger partial charge in [-0.2, -0.15) is 0 Å². The zero-order valence-corrected chi connectivity index (χ0v) is 11.9. The molecular formula is C14H20F2N2O2. The lowest BCUT2D eigenvalue weighted by molar-refractivity contribution is 0.0528. The number of nitrogens with one attached hydrogen (secondary N) is 2. The van der Waals surface area contributed by atoms with Crippen LogP contribution in [0.3, 0.4) is 0 Å². The van der Waals surface area contributed by atoms with Crippen LogP contribution in [-0.2, 0) is 11.3 Å². The predicted octanol–water partition coefficient (Wildman–Crippen LogP) is 2.58. The molecule has 0 aliphatic carbocycles. The van der Waals surface area contributed by atoms with Crippen LogP contribution in [0.4, 0.5) is 13.6 Å². The maximum Gasteiger partial charge on any atom is 0.407 e. The SMILES string of the molecule is CC(C)(C)OC(=O)NCCNCc1ccc(F)c(F)c1. The number of halogens is 2. The first kappa shape index (κ1) is 16.4. The summed E-state index contributed by atoms with van der Waals surface area (Å²) in [5.41, 5.74) is 0.115. The quantitative estimate of drug-likeness (QED) is 0.818. The lowest BCUT2D eigenvalue weighted by atomic mass is 10.2. The maximum absolute atomic E-state index is 12.9. The summed E-state index contributed by atoms with van der Waals surface area (Å²) in [4.78, 5) is 11.3. The molecule has 0 radical (unpaired) electrons. The number of alkyl carbamates (subject to hydrolysis) is 1. The number of amides is 1. The van der Waals surface area contributed by atoms with Crippen LogP contribution in [0.15, 0.2) is 18.2 Å². The number of rotatable bonds is 5. The fourth-order valence-electron chi connectivity index (χ4n) is 1.45. The fraction of sp³-hybridized carbons (Fsp3) is 0.500. The van der Waals surface area contributed by atoms with E-state index in [1.165, 1.54) is 6.07 Å². The first-order valence-corrected chi connectivity index (χ1v) is 6.39. The van der Waals surface area contributed by atoms with Gasteiger partial charge in [-0.05, 0) is 38.5 Å². The van der Waals surface area contributed by atoms with Crippen LogP contribution in [-0.4, -0.2) is 24.8 Å². The Bertz CT molecular complexity index is 459. The summed E-state index contributed by atoms with van der Waals surface area (Å²) in [5.74, 6) is -1.73. The number of ether oxygens (including phenoxy) is 1. The molecule has 0 spiro atoms. The molecular weight excluding hydrogens is 266 g/mol. The van der Waals surface area contributed by atoms with Crippen molar-refractivity contribution >= 4 is 6.09 Å². The first-order valence-electron chi connectivity index (χ1n) is 6.39. The topological polar surface area (TPSA) is 50.4 Å². The van der Waals surface area contributed by atoms with Crippen molar-refractivity contribution in [1.29, 1.82) is 0 Å². The van der Waals surface area contributed by atoms with Crippen molar-refractivity contribution in [2.24, 2.45) is 0 Å². The molecule has 6 heteroatoms. The van der Waals surface area contributed by atoms with Crippen LogP contribution in [0.2, 0.25) is 0 Å². The minimum atomic E-state index is -0.865. The lowest BCUT2D eigenvalue weighted by Gasteiger charge is -2.19. The third-order valence-corrected chi connectivity index (χ3v) is 2.28. The number of hydrogen-bond donors (Lipinski definition) is 2. The van der Waals surface area contributed by atoms with E-state index in [1.54, 1.807) is 20.8 Å². The summed E-state index contributed by atoms with van der Waals surface area (Å²) in [5, 5.41) is 5.60. The number of carbonyl (C=O) groups excluding carboxylic acids is 1. The molecule has 0 aliphatic heterocycles. The zero-order chi connectivity index (χ0) is 15.2. The molecule has 1 aromatic carbocycles.